The first-order valence-electron chi connectivity index (χ1n) is 14.2. The van der Waals surface area contributed by atoms with E-state index in [1.807, 2.05) is 104 Å². The summed E-state index contributed by atoms with van der Waals surface area (Å²) in [6, 6.07) is 15.5. The minimum absolute atomic E-state index is 0.169. The normalized spacial score (nSPS) is 20.7. The highest BCUT2D eigenvalue weighted by Crippen LogP contribution is 2.37. The average molecular weight is 620 g/mol. The van der Waals surface area contributed by atoms with E-state index < -0.39 is 19.7 Å². The van der Waals surface area contributed by atoms with Crippen LogP contribution in [0.5, 0.6) is 0 Å². The van der Waals surface area contributed by atoms with Crippen LogP contribution in [-0.4, -0.2) is 77.5 Å². The molecule has 2 aliphatic heterocycles. The highest BCUT2D eigenvalue weighted by atomic mass is 32.2. The summed E-state index contributed by atoms with van der Waals surface area (Å²) in [6.07, 6.45) is 3.57. The predicted molar refractivity (Wildman–Crippen MR) is 171 cm³/mol. The molecule has 2 aromatic rings. The minimum Gasteiger partial charge on any atom is -0.399 e. The molecule has 42 heavy (non-hydrogen) atoms. The quantitative estimate of drug-likeness (QED) is 0.415. The predicted octanol–water partition coefficient (Wildman–Crippen LogP) is 3.15. The van der Waals surface area contributed by atoms with Gasteiger partial charge < -0.3 is 18.6 Å². The summed E-state index contributed by atoms with van der Waals surface area (Å²) in [6.45, 7) is 16.2. The molecule has 8 nitrogen and oxygen atoms in total. The fraction of sp³-hybridized carbons (Fsp3) is 0.600. The Kier molecular flexibility index (Phi) is 10.2. The molecule has 2 aliphatic rings. The third-order valence-corrected chi connectivity index (χ3v) is 10.4. The molecule has 0 spiro atoms. The van der Waals surface area contributed by atoms with Crippen molar-refractivity contribution in [1.82, 2.24) is 0 Å². The molecular formula is C30H46B2O8S2. The summed E-state index contributed by atoms with van der Waals surface area (Å²) < 4.78 is 68.7. The molecule has 232 valence electrons. The van der Waals surface area contributed by atoms with Gasteiger partial charge in [0.15, 0.2) is 0 Å². The Morgan fingerprint density at radius 1 is 0.500 bits per heavy atom. The molecule has 4 rings (SSSR count). The van der Waals surface area contributed by atoms with Crippen molar-refractivity contribution in [2.45, 2.75) is 90.6 Å². The molecule has 0 saturated carbocycles. The highest BCUT2D eigenvalue weighted by molar-refractivity contribution is 7.90. The molecule has 2 aromatic carbocycles. The van der Waals surface area contributed by atoms with Gasteiger partial charge in [-0.15, -0.1) is 0 Å². The van der Waals surface area contributed by atoms with Gasteiger partial charge in [0, 0.05) is 12.5 Å². The van der Waals surface area contributed by atoms with Crippen LogP contribution in [0.3, 0.4) is 0 Å². The lowest BCUT2D eigenvalue weighted by Crippen LogP contribution is -2.41. The van der Waals surface area contributed by atoms with Gasteiger partial charge in [0.25, 0.3) is 0 Å². The van der Waals surface area contributed by atoms with Crippen molar-refractivity contribution < 1.29 is 35.5 Å². The van der Waals surface area contributed by atoms with Gasteiger partial charge in [0.2, 0.25) is 0 Å². The lowest BCUT2D eigenvalue weighted by molar-refractivity contribution is 0.00578. The zero-order chi connectivity index (χ0) is 31.8. The standard InChI is InChI=1S/2C15H23BO4S/c2*1-14(2)15(3,4)20-16(19-14)13-8-6-12(7-9-13)10-11-21(5,17)18/h2*6-9H,10-11H2,1-5H3. The van der Waals surface area contributed by atoms with Gasteiger partial charge in [-0.3, -0.25) is 0 Å². The highest BCUT2D eigenvalue weighted by Gasteiger charge is 2.52. The van der Waals surface area contributed by atoms with Crippen LogP contribution >= 0.6 is 0 Å². The van der Waals surface area contributed by atoms with E-state index in [0.717, 1.165) is 22.1 Å². The van der Waals surface area contributed by atoms with Crippen LogP contribution in [0.1, 0.15) is 66.5 Å². The van der Waals surface area contributed by atoms with Crippen LogP contribution in [0, 0.1) is 0 Å². The maximum absolute atomic E-state index is 11.2. The molecule has 0 atom stereocenters. The lowest BCUT2D eigenvalue weighted by Gasteiger charge is -2.32. The second-order valence-corrected chi connectivity index (χ2v) is 17.9. The number of benzene rings is 2. The first-order chi connectivity index (χ1) is 19.0. The van der Waals surface area contributed by atoms with Gasteiger partial charge in [0.1, 0.15) is 19.7 Å². The maximum atomic E-state index is 11.2. The van der Waals surface area contributed by atoms with Crippen molar-refractivity contribution in [3.8, 4) is 0 Å². The first kappa shape index (κ1) is 34.8. The summed E-state index contributed by atoms with van der Waals surface area (Å²) in [4.78, 5) is 0. The van der Waals surface area contributed by atoms with Gasteiger partial charge in [-0.2, -0.15) is 0 Å². The monoisotopic (exact) mass is 620 g/mol. The third kappa shape index (κ3) is 9.16. The summed E-state index contributed by atoms with van der Waals surface area (Å²) >= 11 is 0. The largest absolute Gasteiger partial charge is 0.494 e. The molecule has 0 N–H and O–H groups in total. The van der Waals surface area contributed by atoms with E-state index in [-0.39, 0.29) is 48.1 Å². The van der Waals surface area contributed by atoms with E-state index >= 15 is 0 Å². The van der Waals surface area contributed by atoms with E-state index in [9.17, 15) is 16.8 Å². The molecule has 0 radical (unpaired) electrons. The number of hydrogen-bond donors (Lipinski definition) is 0. The SMILES string of the molecule is CC1(C)OB(c2ccc(CCS(C)(=O)=O)cc2)OC1(C)C.CC1(C)OB(c2ccc(CCS(C)(=O)=O)cc2)OC1(C)C. The van der Waals surface area contributed by atoms with Gasteiger partial charge in [-0.1, -0.05) is 48.5 Å². The number of hydrogen-bond acceptors (Lipinski definition) is 8. The maximum Gasteiger partial charge on any atom is 0.494 e. The summed E-state index contributed by atoms with van der Waals surface area (Å²) in [5.74, 6) is 0.339. The second kappa shape index (κ2) is 12.4. The molecule has 0 amide bonds. The molecule has 0 aliphatic carbocycles. The van der Waals surface area contributed by atoms with Crippen LogP contribution in [-0.2, 0) is 51.1 Å². The molecule has 2 saturated heterocycles. The van der Waals surface area contributed by atoms with Crippen molar-refractivity contribution in [2.75, 3.05) is 24.0 Å². The molecule has 12 heteroatoms. The Hall–Kier alpha value is -1.69. The molecular weight excluding hydrogens is 574 g/mol. The Labute approximate surface area is 254 Å². The molecule has 0 aromatic heterocycles. The molecule has 0 bridgehead atoms. The first-order valence-corrected chi connectivity index (χ1v) is 18.4. The Morgan fingerprint density at radius 2 is 0.738 bits per heavy atom. The Morgan fingerprint density at radius 3 is 0.952 bits per heavy atom. The summed E-state index contributed by atoms with van der Waals surface area (Å²) in [5.41, 5.74) is 2.49. The smallest absolute Gasteiger partial charge is 0.399 e. The van der Waals surface area contributed by atoms with Crippen molar-refractivity contribution in [2.24, 2.45) is 0 Å². The van der Waals surface area contributed by atoms with Crippen molar-refractivity contribution in [3.05, 3.63) is 59.7 Å². The topological polar surface area (TPSA) is 105 Å². The van der Waals surface area contributed by atoms with Crippen LogP contribution < -0.4 is 10.9 Å². The zero-order valence-electron chi connectivity index (χ0n) is 26.7. The number of aryl methyl sites for hydroxylation is 2. The zero-order valence-corrected chi connectivity index (χ0v) is 28.3. The van der Waals surface area contributed by atoms with E-state index in [1.54, 1.807) is 0 Å². The molecule has 0 unspecified atom stereocenters. The van der Waals surface area contributed by atoms with E-state index in [4.69, 9.17) is 18.6 Å². The fourth-order valence-corrected chi connectivity index (χ4v) is 5.46. The molecule has 2 heterocycles. The van der Waals surface area contributed by atoms with E-state index in [2.05, 4.69) is 0 Å². The Balaban J connectivity index is 0.000000230. The average Bonchev–Trinajstić information content (AvgIpc) is 3.21. The van der Waals surface area contributed by atoms with E-state index in [0.29, 0.717) is 12.8 Å². The van der Waals surface area contributed by atoms with Crippen molar-refractivity contribution in [1.29, 1.82) is 0 Å². The van der Waals surface area contributed by atoms with Crippen molar-refractivity contribution >= 4 is 44.8 Å². The minimum atomic E-state index is -2.93. The van der Waals surface area contributed by atoms with Crippen LogP contribution in [0.2, 0.25) is 0 Å². The van der Waals surface area contributed by atoms with Crippen LogP contribution in [0.25, 0.3) is 0 Å². The summed E-state index contributed by atoms with van der Waals surface area (Å²) in [5, 5.41) is 0. The number of rotatable bonds is 8. The van der Waals surface area contributed by atoms with Gasteiger partial charge in [0.05, 0.1) is 33.9 Å². The van der Waals surface area contributed by atoms with Gasteiger partial charge in [-0.05, 0) is 90.3 Å². The van der Waals surface area contributed by atoms with Crippen molar-refractivity contribution in [3.63, 3.8) is 0 Å². The Bertz CT molecular complexity index is 1290. The van der Waals surface area contributed by atoms with Gasteiger partial charge in [-0.25, -0.2) is 16.8 Å². The van der Waals surface area contributed by atoms with Gasteiger partial charge >= 0.3 is 14.2 Å². The fourth-order valence-electron chi connectivity index (χ4n) is 4.25. The molecule has 2 fully saturated rings. The summed E-state index contributed by atoms with van der Waals surface area (Å²) in [7, 11) is -6.61. The second-order valence-electron chi connectivity index (χ2n) is 13.4. The van der Waals surface area contributed by atoms with E-state index in [1.165, 1.54) is 12.5 Å². The third-order valence-electron chi connectivity index (χ3n) is 8.53. The van der Waals surface area contributed by atoms with Crippen LogP contribution in [0.4, 0.5) is 0 Å². The number of sulfone groups is 2. The lowest BCUT2D eigenvalue weighted by atomic mass is 9.79. The van der Waals surface area contributed by atoms with Crippen LogP contribution in [0.15, 0.2) is 48.5 Å².